The van der Waals surface area contributed by atoms with Crippen molar-refractivity contribution in [2.75, 3.05) is 25.0 Å². The second kappa shape index (κ2) is 9.05. The second-order valence-electron chi connectivity index (χ2n) is 6.81. The van der Waals surface area contributed by atoms with E-state index in [-0.39, 0.29) is 10.6 Å². The topological polar surface area (TPSA) is 53.9 Å². The molecule has 1 unspecified atom stereocenters. The van der Waals surface area contributed by atoms with Crippen LogP contribution >= 0.6 is 11.8 Å². The molecule has 32 heavy (non-hydrogen) atoms. The summed E-state index contributed by atoms with van der Waals surface area (Å²) in [4.78, 5) is 4.70. The highest BCUT2D eigenvalue weighted by Gasteiger charge is 2.31. The number of ether oxygens (including phenoxy) is 1. The molecular formula is C22H20F3N3O2S2. The molecule has 5 nitrogen and oxygen atoms in total. The predicted octanol–water partition coefficient (Wildman–Crippen LogP) is 5.85. The number of nitrogens with one attached hydrogen (secondary N) is 1. The van der Waals surface area contributed by atoms with Gasteiger partial charge in [0.2, 0.25) is 0 Å². The third kappa shape index (κ3) is 4.87. The maximum atomic E-state index is 13.3. The van der Waals surface area contributed by atoms with Crippen LogP contribution in [-0.2, 0) is 9.92 Å². The van der Waals surface area contributed by atoms with Crippen LogP contribution in [0.3, 0.4) is 0 Å². The number of hydrogen-bond donors (Lipinski definition) is 1. The van der Waals surface area contributed by atoms with E-state index in [1.807, 2.05) is 36.4 Å². The van der Waals surface area contributed by atoms with Gasteiger partial charge in [-0.3, -0.25) is 0 Å². The first-order valence-electron chi connectivity index (χ1n) is 9.68. The third-order valence-corrected chi connectivity index (χ3v) is 7.95. The van der Waals surface area contributed by atoms with Crippen molar-refractivity contribution in [2.24, 2.45) is 4.36 Å². The smallest absolute Gasteiger partial charge is 0.406 e. The van der Waals surface area contributed by atoms with Crippen LogP contribution in [0.1, 0.15) is 0 Å². The number of fused-ring (bicyclic) bond motifs is 2. The van der Waals surface area contributed by atoms with Crippen LogP contribution in [0, 0.1) is 0 Å². The molecule has 1 aliphatic heterocycles. The van der Waals surface area contributed by atoms with E-state index in [1.54, 1.807) is 11.8 Å². The van der Waals surface area contributed by atoms with E-state index in [1.165, 1.54) is 19.2 Å². The first-order chi connectivity index (χ1) is 15.3. The minimum Gasteiger partial charge on any atom is -0.406 e. The summed E-state index contributed by atoms with van der Waals surface area (Å²) in [6.45, 7) is 0.862. The molecule has 0 saturated heterocycles. The zero-order chi connectivity index (χ0) is 22.8. The van der Waals surface area contributed by atoms with E-state index >= 15 is 0 Å². The summed E-state index contributed by atoms with van der Waals surface area (Å²) >= 11 is 1.70. The molecule has 0 bridgehead atoms. The van der Waals surface area contributed by atoms with Crippen LogP contribution in [0.15, 0.2) is 91.8 Å². The van der Waals surface area contributed by atoms with E-state index < -0.39 is 16.3 Å². The Balaban J connectivity index is 1.51. The van der Waals surface area contributed by atoms with Gasteiger partial charge in [0.05, 0.1) is 16.3 Å². The maximum absolute atomic E-state index is 13.3. The van der Waals surface area contributed by atoms with Crippen molar-refractivity contribution in [2.45, 2.75) is 21.0 Å². The Kier molecular flexibility index (Phi) is 6.36. The lowest BCUT2D eigenvalue weighted by atomic mass is 10.2. The number of rotatable bonds is 6. The first kappa shape index (κ1) is 22.5. The highest BCUT2D eigenvalue weighted by atomic mass is 32.2. The summed E-state index contributed by atoms with van der Waals surface area (Å²) in [6, 6.07) is 21.0. The standard InChI is InChI=1S/C22H20F3N3O2S2/c1-26-32(29,17-12-10-16(11-13-17)30-22(23,24)25)27-14-15-28-18-6-2-4-8-20(18)31-21-9-5-3-7-19(21)28/h2-13H,14-15H2,1H3,(H,26,27,29). The zero-order valence-corrected chi connectivity index (χ0v) is 18.6. The molecule has 0 radical (unpaired) electrons. The van der Waals surface area contributed by atoms with Crippen molar-refractivity contribution in [1.29, 1.82) is 0 Å². The van der Waals surface area contributed by atoms with Gasteiger partial charge in [-0.05, 0) is 48.5 Å². The van der Waals surface area contributed by atoms with Crippen molar-refractivity contribution in [3.8, 4) is 5.75 Å². The van der Waals surface area contributed by atoms with Gasteiger partial charge in [-0.15, -0.1) is 13.2 Å². The third-order valence-electron chi connectivity index (χ3n) is 4.80. The highest BCUT2D eigenvalue weighted by molar-refractivity contribution is 7.99. The molecule has 1 N–H and O–H groups in total. The monoisotopic (exact) mass is 479 g/mol. The lowest BCUT2D eigenvalue weighted by Gasteiger charge is -2.32. The van der Waals surface area contributed by atoms with E-state index in [9.17, 15) is 17.4 Å². The Hall–Kier alpha value is -2.69. The fourth-order valence-electron chi connectivity index (χ4n) is 3.40. The Morgan fingerprint density at radius 3 is 2.06 bits per heavy atom. The van der Waals surface area contributed by atoms with Crippen molar-refractivity contribution >= 4 is 33.1 Å². The molecule has 168 valence electrons. The minimum atomic E-state index is -4.78. The molecule has 4 rings (SSSR count). The lowest BCUT2D eigenvalue weighted by molar-refractivity contribution is -0.274. The molecule has 0 fully saturated rings. The van der Waals surface area contributed by atoms with E-state index in [0.29, 0.717) is 13.1 Å². The number of nitrogens with zero attached hydrogens (tertiary/aromatic N) is 2. The van der Waals surface area contributed by atoms with Gasteiger partial charge in [-0.25, -0.2) is 13.3 Å². The molecule has 0 aliphatic carbocycles. The van der Waals surface area contributed by atoms with Gasteiger partial charge in [-0.2, -0.15) is 0 Å². The van der Waals surface area contributed by atoms with Crippen LogP contribution in [0.25, 0.3) is 0 Å². The molecule has 0 amide bonds. The molecular weight excluding hydrogens is 459 g/mol. The van der Waals surface area contributed by atoms with Gasteiger partial charge >= 0.3 is 6.36 Å². The molecule has 0 spiro atoms. The van der Waals surface area contributed by atoms with Crippen molar-refractivity contribution in [1.82, 2.24) is 4.72 Å². The first-order valence-corrected chi connectivity index (χ1v) is 12.0. The number of para-hydroxylation sites is 2. The van der Waals surface area contributed by atoms with Crippen LogP contribution < -0.4 is 14.4 Å². The van der Waals surface area contributed by atoms with Gasteiger partial charge in [0.15, 0.2) is 0 Å². The maximum Gasteiger partial charge on any atom is 0.573 e. The lowest BCUT2D eigenvalue weighted by Crippen LogP contribution is -2.33. The predicted molar refractivity (Wildman–Crippen MR) is 120 cm³/mol. The average Bonchev–Trinajstić information content (AvgIpc) is 2.78. The number of hydrogen-bond acceptors (Lipinski definition) is 5. The summed E-state index contributed by atoms with van der Waals surface area (Å²) in [5.41, 5.74) is 2.12. The quantitative estimate of drug-likeness (QED) is 0.482. The number of benzene rings is 3. The van der Waals surface area contributed by atoms with Crippen LogP contribution in [-0.4, -0.2) is 30.7 Å². The number of halogens is 3. The van der Waals surface area contributed by atoms with E-state index in [2.05, 4.69) is 30.9 Å². The van der Waals surface area contributed by atoms with Gasteiger partial charge in [-0.1, -0.05) is 36.0 Å². The molecule has 1 aliphatic rings. The fourth-order valence-corrected chi connectivity index (χ4v) is 5.87. The van der Waals surface area contributed by atoms with Crippen LogP contribution in [0.5, 0.6) is 5.75 Å². The normalized spacial score (nSPS) is 14.8. The van der Waals surface area contributed by atoms with Gasteiger partial charge in [0.1, 0.15) is 15.7 Å². The number of alkyl halides is 3. The summed E-state index contributed by atoms with van der Waals surface area (Å²) in [6.07, 6.45) is -4.78. The largest absolute Gasteiger partial charge is 0.573 e. The van der Waals surface area contributed by atoms with Crippen molar-refractivity contribution in [3.05, 3.63) is 72.8 Å². The van der Waals surface area contributed by atoms with Gasteiger partial charge < -0.3 is 9.64 Å². The SMILES string of the molecule is CN=S(=O)(NCCN1c2ccccc2Sc2ccccc21)c1ccc(OC(F)(F)F)cc1. The van der Waals surface area contributed by atoms with Crippen molar-refractivity contribution in [3.63, 3.8) is 0 Å². The average molecular weight is 480 g/mol. The van der Waals surface area contributed by atoms with Crippen LogP contribution in [0.4, 0.5) is 24.5 Å². The zero-order valence-electron chi connectivity index (χ0n) is 17.0. The Morgan fingerprint density at radius 1 is 0.969 bits per heavy atom. The Morgan fingerprint density at radius 2 is 1.53 bits per heavy atom. The summed E-state index contributed by atoms with van der Waals surface area (Å²) < 4.78 is 61.3. The molecule has 10 heteroatoms. The molecule has 1 heterocycles. The molecule has 1 atom stereocenters. The minimum absolute atomic E-state index is 0.282. The molecule has 0 aromatic heterocycles. The fraction of sp³-hybridized carbons (Fsp3) is 0.182. The Labute approximate surface area is 188 Å². The van der Waals surface area contributed by atoms with Crippen molar-refractivity contribution < 1.29 is 22.1 Å². The second-order valence-corrected chi connectivity index (χ2v) is 10.1. The Bertz CT molecular complexity index is 1180. The molecule has 3 aromatic carbocycles. The summed E-state index contributed by atoms with van der Waals surface area (Å²) in [5, 5.41) is 0. The summed E-state index contributed by atoms with van der Waals surface area (Å²) in [7, 11) is -1.60. The van der Waals surface area contributed by atoms with Gasteiger partial charge in [0.25, 0.3) is 0 Å². The molecule has 3 aromatic rings. The summed E-state index contributed by atoms with van der Waals surface area (Å²) in [5.74, 6) is -0.377. The van der Waals surface area contributed by atoms with E-state index in [4.69, 9.17) is 0 Å². The van der Waals surface area contributed by atoms with E-state index in [0.717, 1.165) is 33.3 Å². The molecule has 0 saturated carbocycles. The van der Waals surface area contributed by atoms with Crippen LogP contribution in [0.2, 0.25) is 0 Å². The number of anilines is 2. The highest BCUT2D eigenvalue weighted by Crippen LogP contribution is 2.47. The van der Waals surface area contributed by atoms with Gasteiger partial charge in [0, 0.05) is 29.9 Å².